The van der Waals surface area contributed by atoms with Crippen LogP contribution in [0.15, 0.2) is 11.6 Å². The molecule has 0 amide bonds. The molecule has 1 aliphatic carbocycles. The summed E-state index contributed by atoms with van der Waals surface area (Å²) in [6.07, 6.45) is 6.10. The molecule has 0 saturated heterocycles. The molecule has 0 aromatic heterocycles. The van der Waals surface area contributed by atoms with Gasteiger partial charge in [0.1, 0.15) is 0 Å². The monoisotopic (exact) mass is 202 g/mol. The molecule has 0 N–H and O–H groups in total. The Morgan fingerprint density at radius 2 is 2.17 bits per heavy atom. The molecule has 1 rings (SSSR count). The molecule has 0 bridgehead atoms. The summed E-state index contributed by atoms with van der Waals surface area (Å²) in [4.78, 5) is 0. The van der Waals surface area contributed by atoms with Gasteiger partial charge in [0, 0.05) is 8.07 Å². The van der Waals surface area contributed by atoms with Crippen molar-refractivity contribution >= 4 is 19.7 Å². The van der Waals surface area contributed by atoms with Crippen LogP contribution in [-0.2, 0) is 0 Å². The molecular weight excluding hydrogens is 184 g/mol. The zero-order valence-corrected chi connectivity index (χ0v) is 10.1. The lowest BCUT2D eigenvalue weighted by molar-refractivity contribution is 0.706. The minimum absolute atomic E-state index is 0.352. The van der Waals surface area contributed by atoms with Crippen molar-refractivity contribution in [2.45, 2.75) is 50.3 Å². The second-order valence-corrected chi connectivity index (χ2v) is 10.9. The van der Waals surface area contributed by atoms with E-state index in [1.807, 2.05) is 0 Å². The van der Waals surface area contributed by atoms with Gasteiger partial charge in [0.05, 0.1) is 5.38 Å². The number of allylic oxidation sites excluding steroid dienone is 2. The fraction of sp³-hybridized carbons (Fsp3) is 0.800. The van der Waals surface area contributed by atoms with Crippen LogP contribution in [0.4, 0.5) is 0 Å². The lowest BCUT2D eigenvalue weighted by Gasteiger charge is -2.24. The fourth-order valence-electron chi connectivity index (χ4n) is 1.69. The van der Waals surface area contributed by atoms with Crippen LogP contribution in [0.3, 0.4) is 0 Å². The van der Waals surface area contributed by atoms with Crippen molar-refractivity contribution in [1.29, 1.82) is 0 Å². The van der Waals surface area contributed by atoms with Crippen molar-refractivity contribution in [3.63, 3.8) is 0 Å². The zero-order valence-electron chi connectivity index (χ0n) is 8.36. The highest BCUT2D eigenvalue weighted by Gasteiger charge is 2.21. The summed E-state index contributed by atoms with van der Waals surface area (Å²) in [6, 6.07) is 1.29. The Morgan fingerprint density at radius 1 is 1.50 bits per heavy atom. The maximum absolute atomic E-state index is 6.24. The molecular formula is C10H19ClSi. The van der Waals surface area contributed by atoms with Gasteiger partial charge in [0.15, 0.2) is 0 Å². The number of hydrogen-bond donors (Lipinski definition) is 0. The number of hydrogen-bond acceptors (Lipinski definition) is 0. The van der Waals surface area contributed by atoms with Crippen LogP contribution in [0.2, 0.25) is 25.7 Å². The van der Waals surface area contributed by atoms with Crippen molar-refractivity contribution in [2.24, 2.45) is 0 Å². The Hall–Kier alpha value is 0.247. The number of rotatable bonds is 2. The Labute approximate surface area is 82.0 Å². The highest BCUT2D eigenvalue weighted by atomic mass is 35.5. The van der Waals surface area contributed by atoms with Gasteiger partial charge in [-0.1, -0.05) is 31.3 Å². The predicted octanol–water partition coefficient (Wildman–Crippen LogP) is 4.04. The summed E-state index contributed by atoms with van der Waals surface area (Å²) >= 11 is 6.24. The first-order valence-corrected chi connectivity index (χ1v) is 8.96. The van der Waals surface area contributed by atoms with Crippen LogP contribution in [0.1, 0.15) is 19.3 Å². The van der Waals surface area contributed by atoms with Crippen molar-refractivity contribution in [1.82, 2.24) is 0 Å². The van der Waals surface area contributed by atoms with Gasteiger partial charge in [0.25, 0.3) is 0 Å². The average molecular weight is 203 g/mol. The van der Waals surface area contributed by atoms with E-state index in [9.17, 15) is 0 Å². The predicted molar refractivity (Wildman–Crippen MR) is 59.7 cm³/mol. The lowest BCUT2D eigenvalue weighted by Crippen LogP contribution is -2.23. The molecule has 0 aromatic carbocycles. The molecule has 1 atom stereocenters. The molecule has 0 nitrogen and oxygen atoms in total. The van der Waals surface area contributed by atoms with E-state index in [0.717, 1.165) is 0 Å². The summed E-state index contributed by atoms with van der Waals surface area (Å²) in [7, 11) is -0.939. The van der Waals surface area contributed by atoms with Gasteiger partial charge in [-0.05, 0) is 25.3 Å². The molecule has 0 fully saturated rings. The van der Waals surface area contributed by atoms with E-state index in [2.05, 4.69) is 25.7 Å². The van der Waals surface area contributed by atoms with Crippen LogP contribution >= 0.6 is 11.6 Å². The fourth-order valence-corrected chi connectivity index (χ4v) is 3.76. The first-order chi connectivity index (χ1) is 5.49. The van der Waals surface area contributed by atoms with E-state index in [1.54, 1.807) is 0 Å². The Balaban J connectivity index is 2.55. The van der Waals surface area contributed by atoms with Crippen molar-refractivity contribution in [3.8, 4) is 0 Å². The molecule has 12 heavy (non-hydrogen) atoms. The second kappa shape index (κ2) is 3.97. The molecule has 1 unspecified atom stereocenters. The van der Waals surface area contributed by atoms with Crippen molar-refractivity contribution in [2.75, 3.05) is 0 Å². The first-order valence-electron chi connectivity index (χ1n) is 4.82. The van der Waals surface area contributed by atoms with Crippen molar-refractivity contribution < 1.29 is 0 Å². The molecule has 0 aliphatic heterocycles. The molecule has 0 heterocycles. The lowest BCUT2D eigenvalue weighted by atomic mass is 10.0. The van der Waals surface area contributed by atoms with Crippen LogP contribution in [0.25, 0.3) is 0 Å². The molecule has 0 radical (unpaired) electrons. The quantitative estimate of drug-likeness (QED) is 0.360. The molecule has 0 saturated carbocycles. The van der Waals surface area contributed by atoms with Crippen LogP contribution in [-0.4, -0.2) is 13.5 Å². The topological polar surface area (TPSA) is 0 Å². The first kappa shape index (κ1) is 10.3. The molecule has 70 valence electrons. The SMILES string of the molecule is C[Si](C)(C)CC1=CCCCC1Cl. The summed E-state index contributed by atoms with van der Waals surface area (Å²) in [5.41, 5.74) is 1.53. The van der Waals surface area contributed by atoms with Gasteiger partial charge < -0.3 is 0 Å². The van der Waals surface area contributed by atoms with E-state index in [0.29, 0.717) is 5.38 Å². The molecule has 0 aromatic rings. The molecule has 0 spiro atoms. The smallest absolute Gasteiger partial charge is 0.0542 e. The molecule has 1 aliphatic rings. The summed E-state index contributed by atoms with van der Waals surface area (Å²) in [5, 5.41) is 0.352. The summed E-state index contributed by atoms with van der Waals surface area (Å²) in [6.45, 7) is 7.23. The van der Waals surface area contributed by atoms with E-state index < -0.39 is 8.07 Å². The normalized spacial score (nSPS) is 25.3. The third-order valence-corrected chi connectivity index (χ3v) is 4.17. The highest BCUT2D eigenvalue weighted by molar-refractivity contribution is 6.76. The largest absolute Gasteiger partial charge is 0.118 e. The van der Waals surface area contributed by atoms with Gasteiger partial charge >= 0.3 is 0 Å². The van der Waals surface area contributed by atoms with Gasteiger partial charge in [-0.25, -0.2) is 0 Å². The zero-order chi connectivity index (χ0) is 9.19. The van der Waals surface area contributed by atoms with E-state index in [4.69, 9.17) is 11.6 Å². The average Bonchev–Trinajstić information content (AvgIpc) is 1.91. The van der Waals surface area contributed by atoms with Gasteiger partial charge in [0.2, 0.25) is 0 Å². The minimum Gasteiger partial charge on any atom is -0.118 e. The van der Waals surface area contributed by atoms with Gasteiger partial charge in [-0.3, -0.25) is 0 Å². The Kier molecular flexibility index (Phi) is 3.42. The van der Waals surface area contributed by atoms with Crippen LogP contribution in [0.5, 0.6) is 0 Å². The molecule has 2 heteroatoms. The van der Waals surface area contributed by atoms with E-state index in [1.165, 1.54) is 30.9 Å². The summed E-state index contributed by atoms with van der Waals surface area (Å²) < 4.78 is 0. The maximum Gasteiger partial charge on any atom is 0.0542 e. The number of halogens is 1. The van der Waals surface area contributed by atoms with Crippen molar-refractivity contribution in [3.05, 3.63) is 11.6 Å². The van der Waals surface area contributed by atoms with E-state index >= 15 is 0 Å². The van der Waals surface area contributed by atoms with Crippen LogP contribution < -0.4 is 0 Å². The second-order valence-electron chi connectivity index (χ2n) is 4.91. The minimum atomic E-state index is -0.939. The van der Waals surface area contributed by atoms with Gasteiger partial charge in [-0.15, -0.1) is 11.6 Å². The maximum atomic E-state index is 6.24. The Morgan fingerprint density at radius 3 is 2.67 bits per heavy atom. The third kappa shape index (κ3) is 3.32. The highest BCUT2D eigenvalue weighted by Crippen LogP contribution is 2.29. The van der Waals surface area contributed by atoms with Crippen LogP contribution in [0, 0.1) is 0 Å². The third-order valence-electron chi connectivity index (χ3n) is 2.21. The Bertz CT molecular complexity index is 179. The standard InChI is InChI=1S/C10H19ClSi/c1-12(2,3)8-9-6-4-5-7-10(9)11/h6,10H,4-5,7-8H2,1-3H3. The summed E-state index contributed by atoms with van der Waals surface area (Å²) in [5.74, 6) is 0. The van der Waals surface area contributed by atoms with Gasteiger partial charge in [-0.2, -0.15) is 0 Å². The number of alkyl halides is 1. The van der Waals surface area contributed by atoms with E-state index in [-0.39, 0.29) is 0 Å².